The maximum absolute atomic E-state index is 13.0. The lowest BCUT2D eigenvalue weighted by Crippen LogP contribution is -2.24. The second kappa shape index (κ2) is 8.99. The van der Waals surface area contributed by atoms with E-state index in [0.717, 1.165) is 22.3 Å². The fraction of sp³-hybridized carbons (Fsp3) is 0.207. The zero-order valence-corrected chi connectivity index (χ0v) is 20.5. The molecule has 36 heavy (non-hydrogen) atoms. The number of fused-ring (bicyclic) bond motifs is 2. The van der Waals surface area contributed by atoms with Crippen LogP contribution in [0.25, 0.3) is 21.8 Å². The Hall–Kier alpha value is -3.84. The molecule has 3 aromatic carbocycles. The molecule has 1 saturated heterocycles. The summed E-state index contributed by atoms with van der Waals surface area (Å²) in [4.78, 5) is 19.8. The van der Waals surface area contributed by atoms with Crippen LogP contribution in [0.2, 0.25) is 0 Å². The van der Waals surface area contributed by atoms with Crippen LogP contribution in [0.5, 0.6) is 0 Å². The van der Waals surface area contributed by atoms with E-state index in [1.165, 1.54) is 21.9 Å². The van der Waals surface area contributed by atoms with E-state index in [9.17, 15) is 13.2 Å². The van der Waals surface area contributed by atoms with Gasteiger partial charge in [-0.2, -0.15) is 0 Å². The average molecular weight is 498 g/mol. The molecule has 0 bridgehead atoms. The summed E-state index contributed by atoms with van der Waals surface area (Å²) >= 11 is 0. The van der Waals surface area contributed by atoms with Gasteiger partial charge >= 0.3 is 0 Å². The Kier molecular flexibility index (Phi) is 5.64. The predicted molar refractivity (Wildman–Crippen MR) is 144 cm³/mol. The first kappa shape index (κ1) is 22.6. The summed E-state index contributed by atoms with van der Waals surface area (Å²) < 4.78 is 23.8. The summed E-state index contributed by atoms with van der Waals surface area (Å²) in [7, 11) is -3.13. The minimum atomic E-state index is -3.13. The lowest BCUT2D eigenvalue weighted by atomic mass is 9.85. The topological polar surface area (TPSA) is 94.8 Å². The van der Waals surface area contributed by atoms with Crippen molar-refractivity contribution < 1.29 is 13.2 Å². The van der Waals surface area contributed by atoms with Crippen LogP contribution in [0.1, 0.15) is 29.0 Å². The molecule has 182 valence electrons. The van der Waals surface area contributed by atoms with Crippen molar-refractivity contribution >= 4 is 43.2 Å². The second-order valence-electron chi connectivity index (χ2n) is 9.58. The molecule has 7 heteroatoms. The minimum absolute atomic E-state index is 0.0298. The van der Waals surface area contributed by atoms with E-state index in [1.807, 2.05) is 36.4 Å². The van der Waals surface area contributed by atoms with E-state index >= 15 is 0 Å². The summed E-state index contributed by atoms with van der Waals surface area (Å²) in [6, 6.07) is 24.4. The van der Waals surface area contributed by atoms with Gasteiger partial charge in [0.25, 0.3) is 0 Å². The number of anilines is 1. The lowest BCUT2D eigenvalue weighted by Gasteiger charge is -2.20. The molecule has 1 aliphatic heterocycles. The normalized spacial score (nSPS) is 17.2. The molecule has 0 radical (unpaired) electrons. The maximum atomic E-state index is 13.0. The number of H-pyrrole nitrogens is 2. The number of para-hydroxylation sites is 3. The molecule has 5 aromatic rings. The molecule has 0 spiro atoms. The first-order valence-electron chi connectivity index (χ1n) is 12.2. The van der Waals surface area contributed by atoms with Crippen molar-refractivity contribution in [3.8, 4) is 0 Å². The molecule has 6 nitrogen and oxygen atoms in total. The zero-order chi connectivity index (χ0) is 24.7. The van der Waals surface area contributed by atoms with Gasteiger partial charge in [-0.15, -0.1) is 0 Å². The maximum Gasteiger partial charge on any atom is 0.228 e. The molecule has 1 unspecified atom stereocenters. The minimum Gasteiger partial charge on any atom is -0.361 e. The van der Waals surface area contributed by atoms with E-state index in [2.05, 4.69) is 64.1 Å². The molecule has 1 aliphatic rings. The number of carbonyl (C=O) groups is 1. The number of hydrogen-bond donors (Lipinski definition) is 3. The van der Waals surface area contributed by atoms with Crippen LogP contribution < -0.4 is 5.32 Å². The van der Waals surface area contributed by atoms with Gasteiger partial charge in [-0.3, -0.25) is 4.79 Å². The fourth-order valence-electron chi connectivity index (χ4n) is 5.43. The van der Waals surface area contributed by atoms with Crippen LogP contribution in [-0.4, -0.2) is 35.8 Å². The zero-order valence-electron chi connectivity index (χ0n) is 19.7. The summed E-state index contributed by atoms with van der Waals surface area (Å²) in [6.07, 6.45) is 5.22. The summed E-state index contributed by atoms with van der Waals surface area (Å²) in [6.45, 7) is 0. The highest BCUT2D eigenvalue weighted by molar-refractivity contribution is 7.91. The van der Waals surface area contributed by atoms with Gasteiger partial charge in [-0.25, -0.2) is 8.42 Å². The number of benzene rings is 3. The third-order valence-corrected chi connectivity index (χ3v) is 9.06. The van der Waals surface area contributed by atoms with Crippen molar-refractivity contribution in [1.82, 2.24) is 9.97 Å². The van der Waals surface area contributed by atoms with Crippen molar-refractivity contribution in [3.63, 3.8) is 0 Å². The molecular weight excluding hydrogens is 470 g/mol. The number of sulfone groups is 1. The van der Waals surface area contributed by atoms with Gasteiger partial charge in [0.15, 0.2) is 9.84 Å². The molecule has 3 N–H and O–H groups in total. The summed E-state index contributed by atoms with van der Waals surface area (Å²) in [5.41, 5.74) is 6.29. The Balaban J connectivity index is 1.39. The molecule has 1 atom stereocenters. The van der Waals surface area contributed by atoms with E-state index in [0.29, 0.717) is 12.8 Å². The smallest absolute Gasteiger partial charge is 0.228 e. The third-order valence-electron chi connectivity index (χ3n) is 7.30. The van der Waals surface area contributed by atoms with Crippen LogP contribution in [0.4, 0.5) is 5.69 Å². The Labute approximate surface area is 209 Å². The monoisotopic (exact) mass is 497 g/mol. The van der Waals surface area contributed by atoms with Crippen molar-refractivity contribution in [1.29, 1.82) is 0 Å². The Bertz CT molecular complexity index is 1610. The highest BCUT2D eigenvalue weighted by atomic mass is 32.2. The van der Waals surface area contributed by atoms with Gasteiger partial charge in [-0.05, 0) is 47.7 Å². The Morgan fingerprint density at radius 3 is 2.06 bits per heavy atom. The van der Waals surface area contributed by atoms with Crippen molar-refractivity contribution in [2.24, 2.45) is 5.92 Å². The third kappa shape index (κ3) is 4.20. The molecule has 3 heterocycles. The first-order valence-corrected chi connectivity index (χ1v) is 14.0. The van der Waals surface area contributed by atoms with Crippen molar-refractivity contribution in [2.45, 2.75) is 18.8 Å². The number of aromatic amines is 2. The van der Waals surface area contributed by atoms with Gasteiger partial charge in [0.05, 0.1) is 17.4 Å². The van der Waals surface area contributed by atoms with Gasteiger partial charge in [0.1, 0.15) is 0 Å². The van der Waals surface area contributed by atoms with Crippen LogP contribution in [-0.2, 0) is 21.1 Å². The van der Waals surface area contributed by atoms with E-state index in [4.69, 9.17) is 0 Å². The summed E-state index contributed by atoms with van der Waals surface area (Å²) in [5.74, 6) is -0.688. The van der Waals surface area contributed by atoms with Gasteiger partial charge in [-0.1, -0.05) is 54.6 Å². The SMILES string of the molecule is O=C(Nc1ccccc1CC(c1c[nH]c2ccccc12)c1c[nH]c2ccccc12)C1CCS(=O)(=O)C1. The van der Waals surface area contributed by atoms with Gasteiger partial charge in [0.2, 0.25) is 5.91 Å². The number of rotatable bonds is 6. The second-order valence-corrected chi connectivity index (χ2v) is 11.8. The molecule has 0 aliphatic carbocycles. The van der Waals surface area contributed by atoms with Crippen molar-refractivity contribution in [3.05, 3.63) is 102 Å². The highest BCUT2D eigenvalue weighted by Crippen LogP contribution is 2.38. The van der Waals surface area contributed by atoms with Crippen molar-refractivity contribution in [2.75, 3.05) is 16.8 Å². The highest BCUT2D eigenvalue weighted by Gasteiger charge is 2.33. The lowest BCUT2D eigenvalue weighted by molar-refractivity contribution is -0.119. The molecule has 1 amide bonds. The quantitative estimate of drug-likeness (QED) is 0.293. The van der Waals surface area contributed by atoms with Crippen LogP contribution in [0, 0.1) is 5.92 Å². The Morgan fingerprint density at radius 1 is 0.861 bits per heavy atom. The summed E-state index contributed by atoms with van der Waals surface area (Å²) in [5, 5.41) is 5.38. The number of carbonyl (C=O) groups excluding carboxylic acids is 1. The number of amides is 1. The molecule has 6 rings (SSSR count). The number of nitrogens with one attached hydrogen (secondary N) is 3. The average Bonchev–Trinajstić information content (AvgIpc) is 3.60. The molecule has 0 saturated carbocycles. The van der Waals surface area contributed by atoms with E-state index in [1.54, 1.807) is 0 Å². The number of aromatic nitrogens is 2. The number of hydrogen-bond acceptors (Lipinski definition) is 3. The van der Waals surface area contributed by atoms with E-state index in [-0.39, 0.29) is 23.3 Å². The van der Waals surface area contributed by atoms with E-state index < -0.39 is 15.8 Å². The Morgan fingerprint density at radius 2 is 1.44 bits per heavy atom. The fourth-order valence-corrected chi connectivity index (χ4v) is 7.17. The molecule has 1 fully saturated rings. The largest absolute Gasteiger partial charge is 0.361 e. The molecular formula is C29H27N3O3S. The van der Waals surface area contributed by atoms with Gasteiger partial charge in [0, 0.05) is 45.8 Å². The van der Waals surface area contributed by atoms with Gasteiger partial charge < -0.3 is 15.3 Å². The predicted octanol–water partition coefficient (Wildman–Crippen LogP) is 5.40. The van der Waals surface area contributed by atoms with Crippen LogP contribution >= 0.6 is 0 Å². The van der Waals surface area contributed by atoms with Crippen LogP contribution in [0.3, 0.4) is 0 Å². The molecule has 2 aromatic heterocycles. The first-order chi connectivity index (χ1) is 17.5. The standard InChI is InChI=1S/C29H27N3O3S/c33-29(20-13-14-36(34,35)18-20)32-26-10-4-1-7-19(26)15-23(24-16-30-27-11-5-2-8-21(24)27)25-17-31-28-12-6-3-9-22(25)28/h1-12,16-17,20,23,30-31H,13-15,18H2,(H,32,33). The van der Waals surface area contributed by atoms with Crippen LogP contribution in [0.15, 0.2) is 85.2 Å².